The number of benzene rings is 1. The second kappa shape index (κ2) is 7.43. The number of nitrogens with one attached hydrogen (secondary N) is 1. The highest BCUT2D eigenvalue weighted by atomic mass is 16.5. The molecule has 1 aromatic carbocycles. The molecule has 0 aliphatic rings. The number of carbonyl (C=O) groups is 2. The van der Waals surface area contributed by atoms with Crippen molar-refractivity contribution in [2.75, 3.05) is 12.4 Å². The molecule has 0 bridgehead atoms. The molecule has 0 unspecified atom stereocenters. The quantitative estimate of drug-likeness (QED) is 0.548. The Morgan fingerprint density at radius 1 is 1.08 bits per heavy atom. The summed E-state index contributed by atoms with van der Waals surface area (Å²) in [6, 6.07) is 9.11. The van der Waals surface area contributed by atoms with Gasteiger partial charge < -0.3 is 14.0 Å². The molecule has 2 aromatic heterocycles. The van der Waals surface area contributed by atoms with Gasteiger partial charge in [0.05, 0.1) is 13.3 Å². The van der Waals surface area contributed by atoms with Gasteiger partial charge in [0.15, 0.2) is 0 Å². The van der Waals surface area contributed by atoms with Crippen LogP contribution in [0.15, 0.2) is 47.1 Å². The summed E-state index contributed by atoms with van der Waals surface area (Å²) in [7, 11) is 1.51. The van der Waals surface area contributed by atoms with E-state index in [-0.39, 0.29) is 17.4 Å². The van der Waals surface area contributed by atoms with Crippen LogP contribution in [0.2, 0.25) is 0 Å². The van der Waals surface area contributed by atoms with Gasteiger partial charge in [-0.3, -0.25) is 10.1 Å². The Morgan fingerprint density at radius 2 is 1.81 bits per heavy atom. The lowest BCUT2D eigenvalue weighted by Crippen LogP contribution is -2.13. The summed E-state index contributed by atoms with van der Waals surface area (Å²) in [6.07, 6.45) is 1.42. The number of carbonyl (C=O) groups excluding carboxylic acids is 2. The van der Waals surface area contributed by atoms with Crippen molar-refractivity contribution >= 4 is 17.8 Å². The fourth-order valence-corrected chi connectivity index (χ4v) is 1.98. The van der Waals surface area contributed by atoms with Crippen LogP contribution in [0.3, 0.4) is 0 Å². The molecule has 0 spiro atoms. The maximum Gasteiger partial charge on any atom is 0.362 e. The Balaban J connectivity index is 1.63. The van der Waals surface area contributed by atoms with Crippen molar-refractivity contribution in [3.05, 3.63) is 59.7 Å². The zero-order chi connectivity index (χ0) is 18.5. The van der Waals surface area contributed by atoms with Crippen molar-refractivity contribution < 1.29 is 23.6 Å². The fourth-order valence-electron chi connectivity index (χ4n) is 1.98. The third-order valence-corrected chi connectivity index (χ3v) is 3.26. The predicted molar refractivity (Wildman–Crippen MR) is 89.2 cm³/mol. The molecule has 9 heteroatoms. The van der Waals surface area contributed by atoms with Gasteiger partial charge in [0.1, 0.15) is 17.2 Å². The smallest absolute Gasteiger partial charge is 0.362 e. The van der Waals surface area contributed by atoms with Crippen LogP contribution in [-0.4, -0.2) is 34.1 Å². The maximum absolute atomic E-state index is 12.1. The van der Waals surface area contributed by atoms with Crippen LogP contribution in [0.25, 0.3) is 0 Å². The van der Waals surface area contributed by atoms with Crippen LogP contribution in [-0.2, 0) is 0 Å². The predicted octanol–water partition coefficient (Wildman–Crippen LogP) is 2.25. The Hall–Kier alpha value is -3.75. The van der Waals surface area contributed by atoms with Crippen LogP contribution in [0, 0.1) is 6.92 Å². The molecule has 9 nitrogen and oxygen atoms in total. The molecule has 0 saturated heterocycles. The van der Waals surface area contributed by atoms with E-state index in [0.29, 0.717) is 17.2 Å². The van der Waals surface area contributed by atoms with Gasteiger partial charge in [0, 0.05) is 12.5 Å². The normalized spacial score (nSPS) is 10.2. The highest BCUT2D eigenvalue weighted by Gasteiger charge is 2.13. The van der Waals surface area contributed by atoms with Gasteiger partial charge in [-0.05, 0) is 41.6 Å². The minimum absolute atomic E-state index is 0.0774. The lowest BCUT2D eigenvalue weighted by atomic mass is 10.2. The highest BCUT2D eigenvalue weighted by Crippen LogP contribution is 2.16. The molecule has 26 heavy (non-hydrogen) atoms. The van der Waals surface area contributed by atoms with Crippen LogP contribution in [0.5, 0.6) is 11.5 Å². The molecule has 2 heterocycles. The molecular formula is C17H14N4O5. The summed E-state index contributed by atoms with van der Waals surface area (Å²) in [5.74, 6) is 0.198. The van der Waals surface area contributed by atoms with E-state index in [1.54, 1.807) is 13.0 Å². The maximum atomic E-state index is 12.1. The molecule has 0 radical (unpaired) electrons. The SMILES string of the molecule is COc1ccc(C(=O)Oc2ccc(C(=O)Nc3noc(C)n3)cc2)nc1. The monoisotopic (exact) mass is 354 g/mol. The van der Waals surface area contributed by atoms with Gasteiger partial charge in [0.25, 0.3) is 11.9 Å². The summed E-state index contributed by atoms with van der Waals surface area (Å²) < 4.78 is 15.0. The molecule has 0 saturated carbocycles. The summed E-state index contributed by atoms with van der Waals surface area (Å²) >= 11 is 0. The second-order valence-corrected chi connectivity index (χ2v) is 5.09. The van der Waals surface area contributed by atoms with Crippen molar-refractivity contribution in [3.8, 4) is 11.5 Å². The van der Waals surface area contributed by atoms with E-state index in [9.17, 15) is 9.59 Å². The van der Waals surface area contributed by atoms with Gasteiger partial charge in [-0.15, -0.1) is 0 Å². The highest BCUT2D eigenvalue weighted by molar-refractivity contribution is 6.03. The standard InChI is InChI=1S/C17H14N4O5/c1-10-19-17(21-26-10)20-15(22)11-3-5-12(6-4-11)25-16(23)14-8-7-13(24-2)9-18-14/h3-9H,1-2H3,(H,20,21,22). The summed E-state index contributed by atoms with van der Waals surface area (Å²) in [4.78, 5) is 32.0. The number of rotatable bonds is 5. The molecule has 1 N–H and O–H groups in total. The molecule has 1 amide bonds. The molecule has 0 atom stereocenters. The molecular weight excluding hydrogens is 340 g/mol. The van der Waals surface area contributed by atoms with E-state index in [1.165, 1.54) is 43.6 Å². The second-order valence-electron chi connectivity index (χ2n) is 5.09. The van der Waals surface area contributed by atoms with Crippen molar-refractivity contribution in [2.45, 2.75) is 6.92 Å². The van der Waals surface area contributed by atoms with E-state index >= 15 is 0 Å². The number of hydrogen-bond donors (Lipinski definition) is 1. The topological polar surface area (TPSA) is 116 Å². The first-order valence-corrected chi connectivity index (χ1v) is 7.49. The average molecular weight is 354 g/mol. The minimum atomic E-state index is -0.618. The summed E-state index contributed by atoms with van der Waals surface area (Å²) in [5.41, 5.74) is 0.481. The van der Waals surface area contributed by atoms with E-state index < -0.39 is 11.9 Å². The molecule has 132 valence electrons. The van der Waals surface area contributed by atoms with Gasteiger partial charge in [-0.1, -0.05) is 0 Å². The van der Waals surface area contributed by atoms with E-state index in [4.69, 9.17) is 14.0 Å². The summed E-state index contributed by atoms with van der Waals surface area (Å²) in [5, 5.41) is 6.07. The van der Waals surface area contributed by atoms with Gasteiger partial charge >= 0.3 is 5.97 Å². The molecule has 0 fully saturated rings. The Kier molecular flexibility index (Phi) is 4.88. The van der Waals surface area contributed by atoms with Crippen molar-refractivity contribution in [1.82, 2.24) is 15.1 Å². The molecule has 3 aromatic rings. The van der Waals surface area contributed by atoms with E-state index in [2.05, 4.69) is 20.4 Å². The number of methoxy groups -OCH3 is 1. The number of nitrogens with zero attached hydrogens (tertiary/aromatic N) is 3. The number of aromatic nitrogens is 3. The third-order valence-electron chi connectivity index (χ3n) is 3.26. The van der Waals surface area contributed by atoms with Crippen LogP contribution in [0.4, 0.5) is 5.95 Å². The zero-order valence-corrected chi connectivity index (χ0v) is 13.9. The van der Waals surface area contributed by atoms with Crippen LogP contribution < -0.4 is 14.8 Å². The Morgan fingerprint density at radius 3 is 2.38 bits per heavy atom. The van der Waals surface area contributed by atoms with Crippen LogP contribution in [0.1, 0.15) is 26.7 Å². The lowest BCUT2D eigenvalue weighted by Gasteiger charge is -2.06. The number of anilines is 1. The fraction of sp³-hybridized carbons (Fsp3) is 0.118. The number of esters is 1. The average Bonchev–Trinajstić information content (AvgIpc) is 3.07. The number of hydrogen-bond acceptors (Lipinski definition) is 8. The minimum Gasteiger partial charge on any atom is -0.495 e. The third kappa shape index (κ3) is 4.01. The van der Waals surface area contributed by atoms with Gasteiger partial charge in [-0.25, -0.2) is 9.78 Å². The zero-order valence-electron chi connectivity index (χ0n) is 13.9. The van der Waals surface area contributed by atoms with E-state index in [1.807, 2.05) is 0 Å². The molecule has 0 aliphatic heterocycles. The van der Waals surface area contributed by atoms with Gasteiger partial charge in [-0.2, -0.15) is 4.98 Å². The lowest BCUT2D eigenvalue weighted by molar-refractivity contribution is 0.0728. The Bertz CT molecular complexity index is 919. The molecule has 3 rings (SSSR count). The largest absolute Gasteiger partial charge is 0.495 e. The van der Waals surface area contributed by atoms with Gasteiger partial charge in [0.2, 0.25) is 5.89 Å². The Labute approximate surface area is 148 Å². The number of amides is 1. The van der Waals surface area contributed by atoms with Crippen molar-refractivity contribution in [3.63, 3.8) is 0 Å². The van der Waals surface area contributed by atoms with E-state index in [0.717, 1.165) is 0 Å². The van der Waals surface area contributed by atoms with Crippen molar-refractivity contribution in [2.24, 2.45) is 0 Å². The number of pyridine rings is 1. The first-order chi connectivity index (χ1) is 12.5. The van der Waals surface area contributed by atoms with Crippen molar-refractivity contribution in [1.29, 1.82) is 0 Å². The summed E-state index contributed by atoms with van der Waals surface area (Å²) in [6.45, 7) is 1.61. The first kappa shape index (κ1) is 17.1. The number of ether oxygens (including phenoxy) is 2. The van der Waals surface area contributed by atoms with Crippen LogP contribution >= 0.6 is 0 Å². The number of aryl methyl sites for hydroxylation is 1. The first-order valence-electron chi connectivity index (χ1n) is 7.49. The molecule has 0 aliphatic carbocycles.